The molecule has 0 bridgehead atoms. The van der Waals surface area contributed by atoms with Gasteiger partial charge in [-0.05, 0) is 102 Å². The summed E-state index contributed by atoms with van der Waals surface area (Å²) in [5, 5.41) is 7.71. The number of hydrogen-bond donors (Lipinski definition) is 0. The van der Waals surface area contributed by atoms with E-state index in [1.807, 2.05) is 0 Å². The highest BCUT2D eigenvalue weighted by atomic mass is 28.3. The molecule has 3 heteroatoms. The van der Waals surface area contributed by atoms with Crippen molar-refractivity contribution in [1.29, 1.82) is 0 Å². The second-order valence-corrected chi connectivity index (χ2v) is 19.4. The van der Waals surface area contributed by atoms with Crippen LogP contribution in [0, 0.1) is 0 Å². The first-order chi connectivity index (χ1) is 30.3. The van der Waals surface area contributed by atoms with Crippen molar-refractivity contribution in [2.75, 3.05) is 4.90 Å². The van der Waals surface area contributed by atoms with Crippen LogP contribution < -0.4 is 30.4 Å². The van der Waals surface area contributed by atoms with Gasteiger partial charge in [-0.2, -0.15) is 0 Å². The van der Waals surface area contributed by atoms with E-state index in [-0.39, 0.29) is 0 Å². The molecule has 288 valence electrons. The molecular formula is C58H41NOSi. The van der Waals surface area contributed by atoms with Gasteiger partial charge in [0.05, 0.1) is 0 Å². The summed E-state index contributed by atoms with van der Waals surface area (Å²) < 4.78 is 7.02. The van der Waals surface area contributed by atoms with Crippen LogP contribution in [-0.2, 0) is 0 Å². The van der Waals surface area contributed by atoms with E-state index < -0.39 is 8.07 Å². The lowest BCUT2D eigenvalue weighted by Gasteiger charge is -2.40. The fourth-order valence-corrected chi connectivity index (χ4v) is 14.4. The maximum atomic E-state index is 7.02. The van der Waals surface area contributed by atoms with E-state index in [0.717, 1.165) is 39.7 Å². The van der Waals surface area contributed by atoms with Gasteiger partial charge in [-0.3, -0.25) is 0 Å². The average Bonchev–Trinajstić information content (AvgIpc) is 3.34. The zero-order valence-corrected chi connectivity index (χ0v) is 34.5. The Hall–Kier alpha value is -7.72. The van der Waals surface area contributed by atoms with Crippen LogP contribution in [0.1, 0.15) is 0 Å². The maximum absolute atomic E-state index is 7.02. The van der Waals surface area contributed by atoms with E-state index in [0.29, 0.717) is 0 Å². The van der Waals surface area contributed by atoms with Crippen LogP contribution in [-0.4, -0.2) is 8.07 Å². The van der Waals surface area contributed by atoms with E-state index in [4.69, 9.17) is 4.74 Å². The van der Waals surface area contributed by atoms with Gasteiger partial charge in [-0.15, -0.1) is 0 Å². The first kappa shape index (κ1) is 36.4. The summed E-state index contributed by atoms with van der Waals surface area (Å²) in [5.41, 5.74) is 10.2. The Kier molecular flexibility index (Phi) is 9.22. The van der Waals surface area contributed by atoms with E-state index in [2.05, 4.69) is 254 Å². The molecule has 10 aromatic rings. The van der Waals surface area contributed by atoms with E-state index >= 15 is 0 Å². The van der Waals surface area contributed by atoms with Gasteiger partial charge >= 0.3 is 0 Å². The number of hydrogen-bond acceptors (Lipinski definition) is 2. The third-order valence-electron chi connectivity index (χ3n) is 12.2. The van der Waals surface area contributed by atoms with E-state index in [1.165, 1.54) is 53.8 Å². The van der Waals surface area contributed by atoms with Crippen molar-refractivity contribution in [1.82, 2.24) is 0 Å². The third-order valence-corrected chi connectivity index (χ3v) is 17.1. The highest BCUT2D eigenvalue weighted by Gasteiger charge is 2.48. The summed E-state index contributed by atoms with van der Waals surface area (Å²) in [4.78, 5) is 2.35. The summed E-state index contributed by atoms with van der Waals surface area (Å²) >= 11 is 0. The van der Waals surface area contributed by atoms with Crippen molar-refractivity contribution in [2.24, 2.45) is 0 Å². The van der Waals surface area contributed by atoms with E-state index in [1.54, 1.807) is 0 Å². The van der Waals surface area contributed by atoms with Crippen molar-refractivity contribution in [3.05, 3.63) is 249 Å². The van der Waals surface area contributed by atoms with Crippen LogP contribution in [0.25, 0.3) is 44.2 Å². The van der Waals surface area contributed by atoms with Crippen LogP contribution >= 0.6 is 0 Å². The Bertz CT molecular complexity index is 3080. The first-order valence-electron chi connectivity index (χ1n) is 20.9. The minimum Gasteiger partial charge on any atom is -0.457 e. The highest BCUT2D eigenvalue weighted by Crippen LogP contribution is 2.41. The average molecular weight is 796 g/mol. The zero-order chi connectivity index (χ0) is 40.6. The van der Waals surface area contributed by atoms with Gasteiger partial charge in [-0.25, -0.2) is 0 Å². The molecule has 0 saturated carbocycles. The molecule has 2 nitrogen and oxygen atoms in total. The standard InChI is InChI=1S/C58H41NOSi/c1-4-16-42(17-5-1)43-30-36-47(37-31-43)59(48-38-32-45(33-39-48)53-25-14-19-44-18-10-11-24-52(44)53)49-40-34-46(35-41-49)54-26-15-29-57-58(54)60-55-27-12-13-28-56(55)61(57,50-20-6-2-7-21-50)51-22-8-3-9-23-51/h1-41H. The minimum atomic E-state index is -2.76. The number of ether oxygens (including phenoxy) is 1. The Balaban J connectivity index is 1.02. The molecule has 11 rings (SSSR count). The van der Waals surface area contributed by atoms with Crippen LogP contribution in [0.15, 0.2) is 249 Å². The second-order valence-electron chi connectivity index (χ2n) is 15.6. The highest BCUT2D eigenvalue weighted by molar-refractivity contribution is 7.20. The molecule has 0 aromatic heterocycles. The predicted octanol–water partition coefficient (Wildman–Crippen LogP) is 12.8. The van der Waals surface area contributed by atoms with Crippen molar-refractivity contribution in [2.45, 2.75) is 0 Å². The number of anilines is 3. The van der Waals surface area contributed by atoms with Crippen molar-refractivity contribution >= 4 is 56.7 Å². The molecule has 0 aliphatic carbocycles. The van der Waals surface area contributed by atoms with Gasteiger partial charge in [-0.1, -0.05) is 206 Å². The number of nitrogens with zero attached hydrogens (tertiary/aromatic N) is 1. The smallest absolute Gasteiger partial charge is 0.188 e. The van der Waals surface area contributed by atoms with Crippen molar-refractivity contribution in [3.63, 3.8) is 0 Å². The topological polar surface area (TPSA) is 12.5 Å². The lowest BCUT2D eigenvalue weighted by molar-refractivity contribution is 0.489. The number of para-hydroxylation sites is 2. The van der Waals surface area contributed by atoms with Gasteiger partial charge in [0.25, 0.3) is 0 Å². The Morgan fingerprint density at radius 3 is 1.39 bits per heavy atom. The van der Waals surface area contributed by atoms with Gasteiger partial charge in [0.2, 0.25) is 0 Å². The van der Waals surface area contributed by atoms with Crippen molar-refractivity contribution < 1.29 is 4.74 Å². The zero-order valence-electron chi connectivity index (χ0n) is 33.5. The summed E-state index contributed by atoms with van der Waals surface area (Å²) in [6.07, 6.45) is 0. The van der Waals surface area contributed by atoms with Crippen molar-refractivity contribution in [3.8, 4) is 44.9 Å². The number of rotatable bonds is 8. The first-order valence-corrected chi connectivity index (χ1v) is 22.9. The van der Waals surface area contributed by atoms with Gasteiger partial charge < -0.3 is 9.64 Å². The molecule has 0 N–H and O–H groups in total. The van der Waals surface area contributed by atoms with Gasteiger partial charge in [0.1, 0.15) is 11.5 Å². The summed E-state index contributed by atoms with van der Waals surface area (Å²) in [7, 11) is -2.76. The number of fused-ring (bicyclic) bond motifs is 3. The molecule has 1 heterocycles. The largest absolute Gasteiger partial charge is 0.457 e. The number of benzene rings is 10. The third kappa shape index (κ3) is 6.35. The fraction of sp³-hybridized carbons (Fsp3) is 0. The maximum Gasteiger partial charge on any atom is 0.188 e. The molecule has 0 atom stereocenters. The Morgan fingerprint density at radius 1 is 0.311 bits per heavy atom. The molecule has 1 aliphatic rings. The quantitative estimate of drug-likeness (QED) is 0.142. The summed E-state index contributed by atoms with van der Waals surface area (Å²) in [6, 6.07) is 90.1. The lowest BCUT2D eigenvalue weighted by Crippen LogP contribution is -2.76. The Labute approximate surface area is 358 Å². The van der Waals surface area contributed by atoms with E-state index in [9.17, 15) is 0 Å². The molecule has 10 aromatic carbocycles. The van der Waals surface area contributed by atoms with Crippen LogP contribution in [0.5, 0.6) is 11.5 Å². The molecule has 0 radical (unpaired) electrons. The summed E-state index contributed by atoms with van der Waals surface area (Å²) in [5.74, 6) is 1.86. The predicted molar refractivity (Wildman–Crippen MR) is 259 cm³/mol. The fourth-order valence-electron chi connectivity index (χ4n) is 9.39. The molecule has 0 fully saturated rings. The molecule has 1 aliphatic heterocycles. The van der Waals surface area contributed by atoms with Gasteiger partial charge in [0, 0.05) is 22.6 Å². The minimum absolute atomic E-state index is 0.926. The van der Waals surface area contributed by atoms with Gasteiger partial charge in [0.15, 0.2) is 8.07 Å². The molecule has 0 spiro atoms. The van der Waals surface area contributed by atoms with Crippen LogP contribution in [0.3, 0.4) is 0 Å². The SMILES string of the molecule is c1ccc(-c2ccc(N(c3ccc(-c4cccc5c4Oc4ccccc4[Si]5(c4ccccc4)c4ccccc4)cc3)c3ccc(-c4cccc5ccccc45)cc3)cc2)cc1. The summed E-state index contributed by atoms with van der Waals surface area (Å²) in [6.45, 7) is 0. The second kappa shape index (κ2) is 15.5. The van der Waals surface area contributed by atoms with Crippen LogP contribution in [0.4, 0.5) is 17.1 Å². The molecular weight excluding hydrogens is 755 g/mol. The lowest BCUT2D eigenvalue weighted by atomic mass is 9.98. The Morgan fingerprint density at radius 2 is 0.754 bits per heavy atom. The van der Waals surface area contributed by atoms with Crippen LogP contribution in [0.2, 0.25) is 0 Å². The monoisotopic (exact) mass is 795 g/mol. The molecule has 0 amide bonds. The normalized spacial score (nSPS) is 12.5. The molecule has 0 saturated heterocycles. The molecule has 61 heavy (non-hydrogen) atoms. The molecule has 0 unspecified atom stereocenters.